The van der Waals surface area contributed by atoms with E-state index in [0.29, 0.717) is 19.2 Å². The average molecular weight is 530 g/mol. The third-order valence-corrected chi connectivity index (χ3v) is 6.81. The molecular formula is C26H32F5N3O3. The highest BCUT2D eigenvalue weighted by Crippen LogP contribution is 2.42. The fourth-order valence-electron chi connectivity index (χ4n) is 4.84. The van der Waals surface area contributed by atoms with Crippen molar-refractivity contribution in [1.82, 2.24) is 9.36 Å². The number of nitrogens with zero attached hydrogens (tertiary/aromatic N) is 3. The Labute approximate surface area is 212 Å². The Morgan fingerprint density at radius 1 is 1.19 bits per heavy atom. The highest BCUT2D eigenvalue weighted by atomic mass is 19.4. The smallest absolute Gasteiger partial charge is 0.416 e. The number of halogens is 5. The summed E-state index contributed by atoms with van der Waals surface area (Å²) in [5.74, 6) is -4.22. The van der Waals surface area contributed by atoms with Crippen LogP contribution < -0.4 is 10.2 Å². The predicted molar refractivity (Wildman–Crippen MR) is 126 cm³/mol. The minimum absolute atomic E-state index is 0.0662. The highest BCUT2D eigenvalue weighted by Gasteiger charge is 2.45. The molecule has 1 aromatic carbocycles. The molecule has 1 aliphatic carbocycles. The number of carbonyl (C=O) groups excluding carboxylic acids is 1. The molecule has 2 fully saturated rings. The minimum Gasteiger partial charge on any atom is -0.492 e. The van der Waals surface area contributed by atoms with E-state index >= 15 is 0 Å². The number of rotatable bonds is 6. The van der Waals surface area contributed by atoms with Gasteiger partial charge in [-0.05, 0) is 31.0 Å². The van der Waals surface area contributed by atoms with Crippen LogP contribution in [0.15, 0.2) is 29.3 Å². The van der Waals surface area contributed by atoms with Crippen molar-refractivity contribution in [2.75, 3.05) is 13.2 Å². The second-order valence-electron chi connectivity index (χ2n) is 10.9. The van der Waals surface area contributed by atoms with E-state index in [-0.39, 0.29) is 47.8 Å². The molecule has 1 atom stereocenters. The van der Waals surface area contributed by atoms with Crippen molar-refractivity contribution in [1.29, 1.82) is 0 Å². The molecule has 0 radical (unpaired) electrons. The van der Waals surface area contributed by atoms with Gasteiger partial charge in [0.25, 0.3) is 5.91 Å². The van der Waals surface area contributed by atoms with E-state index in [1.54, 1.807) is 10.7 Å². The topological polar surface area (TPSA) is 57.8 Å². The van der Waals surface area contributed by atoms with Gasteiger partial charge in [0.1, 0.15) is 5.75 Å². The molecule has 1 saturated heterocycles. The minimum atomic E-state index is -4.69. The average Bonchev–Trinajstić information content (AvgIpc) is 3.39. The van der Waals surface area contributed by atoms with Gasteiger partial charge in [-0.15, -0.1) is 0 Å². The zero-order chi connectivity index (χ0) is 27.2. The molecule has 6 nitrogen and oxygen atoms in total. The summed E-state index contributed by atoms with van der Waals surface area (Å²) in [4.78, 5) is 17.5. The van der Waals surface area contributed by atoms with Crippen LogP contribution in [0.5, 0.6) is 5.75 Å². The summed E-state index contributed by atoms with van der Waals surface area (Å²) in [7, 11) is 1.84. The van der Waals surface area contributed by atoms with Crippen LogP contribution in [0.2, 0.25) is 0 Å². The first-order chi connectivity index (χ1) is 17.1. The van der Waals surface area contributed by atoms with Crippen LogP contribution in [0.4, 0.5) is 22.0 Å². The lowest BCUT2D eigenvalue weighted by atomic mass is 9.82. The first kappa shape index (κ1) is 27.3. The summed E-state index contributed by atoms with van der Waals surface area (Å²) >= 11 is 0. The third kappa shape index (κ3) is 6.25. The van der Waals surface area contributed by atoms with Crippen molar-refractivity contribution in [2.45, 2.75) is 76.6 Å². The van der Waals surface area contributed by atoms with Gasteiger partial charge in [0.15, 0.2) is 5.49 Å². The van der Waals surface area contributed by atoms with Crippen molar-refractivity contribution >= 4 is 5.91 Å². The zero-order valence-corrected chi connectivity index (χ0v) is 21.4. The molecule has 1 aliphatic heterocycles. The fourth-order valence-corrected chi connectivity index (χ4v) is 4.84. The summed E-state index contributed by atoms with van der Waals surface area (Å²) in [6, 6.07) is 4.31. The molecule has 2 aliphatic rings. The van der Waals surface area contributed by atoms with E-state index in [0.717, 1.165) is 30.7 Å². The first-order valence-corrected chi connectivity index (χ1v) is 12.3. The number of ether oxygens (including phenoxy) is 2. The monoisotopic (exact) mass is 529 g/mol. The van der Waals surface area contributed by atoms with Gasteiger partial charge in [0, 0.05) is 49.6 Å². The lowest BCUT2D eigenvalue weighted by molar-refractivity contribution is -0.137. The van der Waals surface area contributed by atoms with Crippen LogP contribution in [0, 0.1) is 5.92 Å². The largest absolute Gasteiger partial charge is 0.492 e. The van der Waals surface area contributed by atoms with Crippen LogP contribution in [-0.2, 0) is 29.9 Å². The Balaban J connectivity index is 1.71. The quantitative estimate of drug-likeness (QED) is 0.466. The third-order valence-electron chi connectivity index (χ3n) is 6.81. The summed E-state index contributed by atoms with van der Waals surface area (Å²) < 4.78 is 81.7. The Morgan fingerprint density at radius 3 is 2.46 bits per heavy atom. The van der Waals surface area contributed by atoms with Gasteiger partial charge in [-0.1, -0.05) is 20.8 Å². The van der Waals surface area contributed by atoms with Crippen molar-refractivity contribution in [3.63, 3.8) is 0 Å². The maximum absolute atomic E-state index is 13.4. The molecule has 204 valence electrons. The molecule has 2 heterocycles. The molecule has 1 saturated carbocycles. The molecule has 0 unspecified atom stereocenters. The summed E-state index contributed by atoms with van der Waals surface area (Å²) in [6.07, 6.45) is -3.69. The van der Waals surface area contributed by atoms with Crippen molar-refractivity contribution in [3.8, 4) is 5.75 Å². The summed E-state index contributed by atoms with van der Waals surface area (Å²) in [5, 5.41) is 0. The van der Waals surface area contributed by atoms with Gasteiger partial charge in [0.05, 0.1) is 30.4 Å². The number of benzene rings is 1. The van der Waals surface area contributed by atoms with E-state index < -0.39 is 29.5 Å². The maximum atomic E-state index is 13.4. The number of hydrogen-bond donors (Lipinski definition) is 0. The van der Waals surface area contributed by atoms with Gasteiger partial charge in [-0.25, -0.2) is 8.78 Å². The van der Waals surface area contributed by atoms with Crippen LogP contribution in [0.3, 0.4) is 0 Å². The number of amides is 1. The molecule has 11 heteroatoms. The molecule has 0 N–H and O–H groups in total. The van der Waals surface area contributed by atoms with E-state index in [1.807, 2.05) is 32.5 Å². The van der Waals surface area contributed by atoms with Crippen molar-refractivity contribution in [3.05, 3.63) is 46.6 Å². The molecule has 0 spiro atoms. The zero-order valence-electron chi connectivity index (χ0n) is 21.4. The van der Waals surface area contributed by atoms with E-state index in [1.165, 1.54) is 0 Å². The number of alkyl halides is 5. The van der Waals surface area contributed by atoms with Crippen molar-refractivity contribution in [2.24, 2.45) is 18.0 Å². The van der Waals surface area contributed by atoms with Crippen LogP contribution in [-0.4, -0.2) is 40.5 Å². The summed E-state index contributed by atoms with van der Waals surface area (Å²) in [6.45, 7) is 6.97. The SMILES string of the molecule is Cn1c(C(C)(C)C)cc(=NC(=O)c2cc(C(F)(F)F)ccc2OCC2CC(F)(F)C2)n1C[C@H]1CCCO1. The number of aromatic nitrogens is 2. The van der Waals surface area contributed by atoms with Crippen LogP contribution >= 0.6 is 0 Å². The van der Waals surface area contributed by atoms with Gasteiger partial charge >= 0.3 is 6.18 Å². The Bertz CT molecular complexity index is 1210. The van der Waals surface area contributed by atoms with E-state index in [4.69, 9.17) is 9.47 Å². The van der Waals surface area contributed by atoms with E-state index in [2.05, 4.69) is 4.99 Å². The predicted octanol–water partition coefficient (Wildman–Crippen LogP) is 5.49. The first-order valence-electron chi connectivity index (χ1n) is 12.3. The fraction of sp³-hybridized carbons (Fsp3) is 0.615. The molecule has 2 aromatic rings. The Hall–Kier alpha value is -2.69. The van der Waals surface area contributed by atoms with Crippen LogP contribution in [0.1, 0.15) is 68.1 Å². The van der Waals surface area contributed by atoms with Gasteiger partial charge in [-0.2, -0.15) is 18.2 Å². The lowest BCUT2D eigenvalue weighted by Crippen LogP contribution is -2.38. The molecular weight excluding hydrogens is 497 g/mol. The van der Waals surface area contributed by atoms with E-state index in [9.17, 15) is 26.7 Å². The lowest BCUT2D eigenvalue weighted by Gasteiger charge is -2.34. The Kier molecular flexibility index (Phi) is 7.31. The molecule has 0 bridgehead atoms. The second-order valence-corrected chi connectivity index (χ2v) is 10.9. The Morgan fingerprint density at radius 2 is 1.89 bits per heavy atom. The van der Waals surface area contributed by atoms with Gasteiger partial charge < -0.3 is 9.47 Å². The number of hydrogen-bond acceptors (Lipinski definition) is 3. The number of carbonyl (C=O) groups is 1. The molecule has 1 amide bonds. The molecule has 37 heavy (non-hydrogen) atoms. The second kappa shape index (κ2) is 9.89. The standard InChI is InChI=1S/C26H32F5N3O3/c1-24(2,3)21-11-22(34(33(21)4)14-18-6-5-9-36-18)32-23(35)19-10-17(26(29,30)31)7-8-20(19)37-15-16-12-25(27,28)13-16/h7-8,10-11,16,18H,5-6,9,12-15H2,1-4H3/t18-/m1/s1. The maximum Gasteiger partial charge on any atom is 0.416 e. The van der Waals surface area contributed by atoms with Crippen LogP contribution in [0.25, 0.3) is 0 Å². The van der Waals surface area contributed by atoms with Crippen molar-refractivity contribution < 1.29 is 36.2 Å². The normalized spacial score (nSPS) is 20.8. The highest BCUT2D eigenvalue weighted by molar-refractivity contribution is 5.97. The van der Waals surface area contributed by atoms with Gasteiger partial charge in [-0.3, -0.25) is 14.2 Å². The summed E-state index contributed by atoms with van der Waals surface area (Å²) in [5.41, 5.74) is -0.521. The van der Waals surface area contributed by atoms with Gasteiger partial charge in [0.2, 0.25) is 5.92 Å². The molecule has 1 aromatic heterocycles. The molecule has 4 rings (SSSR count).